The average molecular weight is 399 g/mol. The van der Waals surface area contributed by atoms with E-state index in [1.165, 1.54) is 11.1 Å². The third-order valence-electron chi connectivity index (χ3n) is 5.33. The number of hydrogen-bond acceptors (Lipinski definition) is 4. The summed E-state index contributed by atoms with van der Waals surface area (Å²) in [6.07, 6.45) is 6.10. The van der Waals surface area contributed by atoms with Crippen LogP contribution in [0.5, 0.6) is 0 Å². The summed E-state index contributed by atoms with van der Waals surface area (Å²) < 4.78 is 7.65. The third-order valence-corrected chi connectivity index (χ3v) is 5.33. The minimum Gasteiger partial charge on any atom is -0.379 e. The highest BCUT2D eigenvalue weighted by atomic mass is 16.5. The molecule has 1 aromatic heterocycles. The molecule has 1 aliphatic rings. The van der Waals surface area contributed by atoms with Crippen LogP contribution in [0.2, 0.25) is 0 Å². The van der Waals surface area contributed by atoms with Gasteiger partial charge < -0.3 is 19.9 Å². The van der Waals surface area contributed by atoms with Crippen molar-refractivity contribution in [3.05, 3.63) is 53.6 Å². The number of aryl methyl sites for hydroxylation is 2. The molecule has 0 bridgehead atoms. The first-order valence-electron chi connectivity index (χ1n) is 10.6. The minimum atomic E-state index is 0.772. The Morgan fingerprint density at radius 3 is 2.66 bits per heavy atom. The molecule has 0 radical (unpaired) electrons. The number of nitrogens with zero attached hydrogens (tertiary/aromatic N) is 4. The van der Waals surface area contributed by atoms with E-state index in [1.807, 2.05) is 26.4 Å². The van der Waals surface area contributed by atoms with E-state index in [-0.39, 0.29) is 0 Å². The van der Waals surface area contributed by atoms with Crippen LogP contribution in [0.3, 0.4) is 0 Å². The fourth-order valence-electron chi connectivity index (χ4n) is 3.54. The molecule has 0 unspecified atom stereocenters. The summed E-state index contributed by atoms with van der Waals surface area (Å²) in [5, 5.41) is 6.88. The maximum Gasteiger partial charge on any atom is 0.191 e. The molecule has 0 saturated carbocycles. The van der Waals surface area contributed by atoms with E-state index < -0.39 is 0 Å². The molecule has 3 rings (SSSR count). The van der Waals surface area contributed by atoms with Crippen LogP contribution in [0.25, 0.3) is 0 Å². The average Bonchev–Trinajstić information content (AvgIpc) is 3.16. The zero-order valence-corrected chi connectivity index (χ0v) is 17.7. The van der Waals surface area contributed by atoms with Crippen LogP contribution in [0.1, 0.15) is 29.8 Å². The van der Waals surface area contributed by atoms with Crippen LogP contribution in [0.15, 0.2) is 41.7 Å². The number of imidazole rings is 1. The maximum absolute atomic E-state index is 5.46. The van der Waals surface area contributed by atoms with Gasteiger partial charge in [-0.05, 0) is 30.9 Å². The molecule has 29 heavy (non-hydrogen) atoms. The number of unbranched alkanes of at least 4 members (excludes halogenated alkanes) is 1. The molecule has 0 atom stereocenters. The molecule has 158 valence electrons. The fourth-order valence-corrected chi connectivity index (χ4v) is 3.54. The van der Waals surface area contributed by atoms with Gasteiger partial charge in [-0.15, -0.1) is 0 Å². The van der Waals surface area contributed by atoms with Gasteiger partial charge >= 0.3 is 0 Å². The Bertz CT molecular complexity index is 766. The van der Waals surface area contributed by atoms with Crippen molar-refractivity contribution in [1.82, 2.24) is 25.1 Å². The number of morpholine rings is 1. The Kier molecular flexibility index (Phi) is 8.52. The second kappa shape index (κ2) is 11.6. The number of aliphatic imine (C=N–C) groups is 1. The summed E-state index contributed by atoms with van der Waals surface area (Å²) in [6, 6.07) is 8.65. The molecule has 1 fully saturated rings. The predicted molar refractivity (Wildman–Crippen MR) is 117 cm³/mol. The van der Waals surface area contributed by atoms with Gasteiger partial charge in [-0.1, -0.05) is 24.3 Å². The highest BCUT2D eigenvalue weighted by molar-refractivity contribution is 5.79. The first-order valence-corrected chi connectivity index (χ1v) is 10.6. The lowest BCUT2D eigenvalue weighted by Gasteiger charge is -2.27. The number of ether oxygens (including phenoxy) is 1. The molecule has 0 amide bonds. The molecule has 0 aliphatic carbocycles. The van der Waals surface area contributed by atoms with Gasteiger partial charge in [-0.25, -0.2) is 4.98 Å². The van der Waals surface area contributed by atoms with E-state index in [2.05, 4.69) is 54.3 Å². The van der Waals surface area contributed by atoms with Crippen LogP contribution in [0, 0.1) is 6.92 Å². The van der Waals surface area contributed by atoms with Gasteiger partial charge in [0.1, 0.15) is 5.82 Å². The Balaban J connectivity index is 1.40. The van der Waals surface area contributed by atoms with Crippen molar-refractivity contribution in [1.29, 1.82) is 0 Å². The Morgan fingerprint density at radius 1 is 1.14 bits per heavy atom. The minimum absolute atomic E-state index is 0.772. The van der Waals surface area contributed by atoms with E-state index >= 15 is 0 Å². The number of benzene rings is 1. The zero-order valence-electron chi connectivity index (χ0n) is 17.7. The molecule has 0 spiro atoms. The normalized spacial score (nSPS) is 15.4. The third kappa shape index (κ3) is 6.87. The van der Waals surface area contributed by atoms with Gasteiger partial charge in [0, 0.05) is 58.7 Å². The molecule has 1 saturated heterocycles. The Morgan fingerprint density at radius 2 is 1.93 bits per heavy atom. The summed E-state index contributed by atoms with van der Waals surface area (Å²) in [5.74, 6) is 1.93. The first kappa shape index (κ1) is 21.3. The second-order valence-corrected chi connectivity index (χ2v) is 7.38. The number of rotatable bonds is 9. The molecule has 2 N–H and O–H groups in total. The van der Waals surface area contributed by atoms with E-state index in [0.29, 0.717) is 0 Å². The van der Waals surface area contributed by atoms with Gasteiger partial charge in [0.05, 0.1) is 13.2 Å². The fraction of sp³-hybridized carbons (Fsp3) is 0.545. The lowest BCUT2D eigenvalue weighted by Crippen LogP contribution is -2.38. The summed E-state index contributed by atoms with van der Waals surface area (Å²) in [4.78, 5) is 11.1. The Hall–Kier alpha value is -2.38. The van der Waals surface area contributed by atoms with Crippen LogP contribution in [-0.4, -0.2) is 60.3 Å². The van der Waals surface area contributed by atoms with Crippen molar-refractivity contribution in [2.45, 2.75) is 39.4 Å². The van der Waals surface area contributed by atoms with Crippen LogP contribution < -0.4 is 10.6 Å². The summed E-state index contributed by atoms with van der Waals surface area (Å²) in [5.41, 5.74) is 2.69. The molecule has 7 heteroatoms. The van der Waals surface area contributed by atoms with E-state index in [0.717, 1.165) is 77.1 Å². The maximum atomic E-state index is 5.46. The van der Waals surface area contributed by atoms with Crippen molar-refractivity contribution in [2.75, 3.05) is 39.9 Å². The monoisotopic (exact) mass is 398 g/mol. The SMILES string of the molecule is CN=C(NCCCCn1ccnc1C)NCc1ccccc1CN1CCOCC1. The van der Waals surface area contributed by atoms with Gasteiger partial charge in [0.25, 0.3) is 0 Å². The molecule has 1 aromatic carbocycles. The largest absolute Gasteiger partial charge is 0.379 e. The Labute approximate surface area is 174 Å². The first-order chi connectivity index (χ1) is 14.3. The van der Waals surface area contributed by atoms with Crippen molar-refractivity contribution in [3.8, 4) is 0 Å². The molecule has 1 aliphatic heterocycles. The highest BCUT2D eigenvalue weighted by Gasteiger charge is 2.12. The topological polar surface area (TPSA) is 66.7 Å². The standard InChI is InChI=1S/C22H34N6O/c1-19-24-10-12-28(19)11-6-5-9-25-22(23-2)26-17-20-7-3-4-8-21(20)18-27-13-15-29-16-14-27/h3-4,7-8,10,12H,5-6,9,11,13-18H2,1-2H3,(H2,23,25,26). The van der Waals surface area contributed by atoms with Gasteiger partial charge in [-0.3, -0.25) is 9.89 Å². The highest BCUT2D eigenvalue weighted by Crippen LogP contribution is 2.13. The molecular formula is C22H34N6O. The molecule has 7 nitrogen and oxygen atoms in total. The van der Waals surface area contributed by atoms with Crippen molar-refractivity contribution < 1.29 is 4.74 Å². The predicted octanol–water partition coefficient (Wildman–Crippen LogP) is 2.17. The smallest absolute Gasteiger partial charge is 0.191 e. The van der Waals surface area contributed by atoms with Gasteiger partial charge in [0.2, 0.25) is 0 Å². The summed E-state index contributed by atoms with van der Waals surface area (Å²) in [7, 11) is 1.82. The van der Waals surface area contributed by atoms with Gasteiger partial charge in [-0.2, -0.15) is 0 Å². The van der Waals surface area contributed by atoms with Crippen molar-refractivity contribution in [3.63, 3.8) is 0 Å². The molecular weight excluding hydrogens is 364 g/mol. The van der Waals surface area contributed by atoms with Crippen molar-refractivity contribution >= 4 is 5.96 Å². The molecule has 2 heterocycles. The van der Waals surface area contributed by atoms with Crippen molar-refractivity contribution in [2.24, 2.45) is 4.99 Å². The van der Waals surface area contributed by atoms with E-state index in [1.54, 1.807) is 0 Å². The van der Waals surface area contributed by atoms with E-state index in [9.17, 15) is 0 Å². The van der Waals surface area contributed by atoms with Gasteiger partial charge in [0.15, 0.2) is 5.96 Å². The van der Waals surface area contributed by atoms with Crippen LogP contribution in [-0.2, 0) is 24.4 Å². The molecule has 2 aromatic rings. The lowest BCUT2D eigenvalue weighted by atomic mass is 10.1. The van der Waals surface area contributed by atoms with E-state index in [4.69, 9.17) is 4.74 Å². The van der Waals surface area contributed by atoms with Crippen LogP contribution in [0.4, 0.5) is 0 Å². The summed E-state index contributed by atoms with van der Waals surface area (Å²) in [6.45, 7) is 9.37. The quantitative estimate of drug-likeness (QED) is 0.385. The second-order valence-electron chi connectivity index (χ2n) is 7.38. The summed E-state index contributed by atoms with van der Waals surface area (Å²) >= 11 is 0. The number of guanidine groups is 1. The number of aromatic nitrogens is 2. The number of hydrogen-bond donors (Lipinski definition) is 2. The zero-order chi connectivity index (χ0) is 20.3. The van der Waals surface area contributed by atoms with Crippen LogP contribution >= 0.6 is 0 Å². The lowest BCUT2D eigenvalue weighted by molar-refractivity contribution is 0.0341. The number of nitrogens with one attached hydrogen (secondary N) is 2.